The summed E-state index contributed by atoms with van der Waals surface area (Å²) in [7, 11) is 0. The maximum Gasteiger partial charge on any atom is 0.174 e. The molecule has 0 aliphatic rings. The standard InChI is InChI=1S/C11H11N5S3/c1-2-12-9-7-3-4-17-10(7)15-8(14-9)5-18-11-16-13-6-19-11/h3-4,6H,2,5H2,1H3,(H,12,14,15). The monoisotopic (exact) mass is 309 g/mol. The molecule has 0 atom stereocenters. The van der Waals surface area contributed by atoms with Gasteiger partial charge in [-0.3, -0.25) is 0 Å². The number of hydrogen-bond acceptors (Lipinski definition) is 8. The van der Waals surface area contributed by atoms with E-state index in [0.717, 1.165) is 32.7 Å². The van der Waals surface area contributed by atoms with Crippen LogP contribution in [0.2, 0.25) is 0 Å². The van der Waals surface area contributed by atoms with Gasteiger partial charge in [-0.1, -0.05) is 23.1 Å². The number of fused-ring (bicyclic) bond motifs is 1. The van der Waals surface area contributed by atoms with Crippen LogP contribution >= 0.6 is 34.4 Å². The van der Waals surface area contributed by atoms with Crippen LogP contribution in [0.15, 0.2) is 21.3 Å². The molecule has 0 spiro atoms. The molecule has 0 aromatic carbocycles. The second kappa shape index (κ2) is 5.81. The van der Waals surface area contributed by atoms with Crippen molar-refractivity contribution in [2.45, 2.75) is 17.0 Å². The molecule has 0 amide bonds. The average molecular weight is 309 g/mol. The van der Waals surface area contributed by atoms with Crippen molar-refractivity contribution >= 4 is 50.5 Å². The molecular weight excluding hydrogens is 298 g/mol. The van der Waals surface area contributed by atoms with Crippen LogP contribution in [-0.4, -0.2) is 26.7 Å². The molecule has 3 aromatic heterocycles. The summed E-state index contributed by atoms with van der Waals surface area (Å²) in [5.41, 5.74) is 1.73. The van der Waals surface area contributed by atoms with Gasteiger partial charge in [-0.25, -0.2) is 9.97 Å². The quantitative estimate of drug-likeness (QED) is 0.730. The van der Waals surface area contributed by atoms with E-state index in [2.05, 4.69) is 38.5 Å². The molecule has 0 saturated heterocycles. The number of hydrogen-bond donors (Lipinski definition) is 1. The Morgan fingerprint density at radius 3 is 3.05 bits per heavy atom. The zero-order valence-electron chi connectivity index (χ0n) is 10.2. The van der Waals surface area contributed by atoms with Crippen LogP contribution in [0.5, 0.6) is 0 Å². The van der Waals surface area contributed by atoms with E-state index in [1.807, 2.05) is 5.38 Å². The van der Waals surface area contributed by atoms with Crippen molar-refractivity contribution in [3.8, 4) is 0 Å². The molecule has 98 valence electrons. The van der Waals surface area contributed by atoms with Crippen LogP contribution in [0.4, 0.5) is 5.82 Å². The van der Waals surface area contributed by atoms with Gasteiger partial charge in [-0.05, 0) is 18.4 Å². The van der Waals surface area contributed by atoms with Gasteiger partial charge in [0, 0.05) is 6.54 Å². The Bertz CT molecular complexity index is 664. The molecule has 3 rings (SSSR count). The van der Waals surface area contributed by atoms with Crippen LogP contribution < -0.4 is 5.32 Å². The molecule has 0 aliphatic heterocycles. The highest BCUT2D eigenvalue weighted by Gasteiger charge is 2.09. The van der Waals surface area contributed by atoms with Crippen LogP contribution in [0.3, 0.4) is 0 Å². The van der Waals surface area contributed by atoms with Gasteiger partial charge in [0.05, 0.1) is 11.1 Å². The maximum atomic E-state index is 4.58. The maximum absolute atomic E-state index is 4.58. The van der Waals surface area contributed by atoms with Gasteiger partial charge in [0.15, 0.2) is 4.34 Å². The number of thiophene rings is 1. The zero-order chi connectivity index (χ0) is 13.1. The van der Waals surface area contributed by atoms with Gasteiger partial charge in [0.25, 0.3) is 0 Å². The molecule has 8 heteroatoms. The molecule has 0 unspecified atom stereocenters. The van der Waals surface area contributed by atoms with Gasteiger partial charge in [0.2, 0.25) is 0 Å². The molecule has 0 fully saturated rings. The van der Waals surface area contributed by atoms with Crippen molar-refractivity contribution in [1.29, 1.82) is 0 Å². The number of thioether (sulfide) groups is 1. The van der Waals surface area contributed by atoms with Gasteiger partial charge in [-0.15, -0.1) is 21.5 Å². The zero-order valence-corrected chi connectivity index (χ0v) is 12.6. The predicted octanol–water partition coefficient (Wildman–Crippen LogP) is 3.27. The van der Waals surface area contributed by atoms with Gasteiger partial charge in [0.1, 0.15) is 22.0 Å². The minimum absolute atomic E-state index is 0.710. The van der Waals surface area contributed by atoms with Crippen molar-refractivity contribution in [3.63, 3.8) is 0 Å². The summed E-state index contributed by atoms with van der Waals surface area (Å²) in [6.45, 7) is 2.92. The van der Waals surface area contributed by atoms with Crippen molar-refractivity contribution in [3.05, 3.63) is 22.8 Å². The Kier molecular flexibility index (Phi) is 3.90. The van der Waals surface area contributed by atoms with Gasteiger partial charge < -0.3 is 5.32 Å². The van der Waals surface area contributed by atoms with Crippen molar-refractivity contribution in [1.82, 2.24) is 20.2 Å². The van der Waals surface area contributed by atoms with E-state index in [1.165, 1.54) is 11.3 Å². The third-order valence-corrected chi connectivity index (χ3v) is 5.04. The Hall–Kier alpha value is -1.25. The lowest BCUT2D eigenvalue weighted by molar-refractivity contribution is 1.00. The summed E-state index contributed by atoms with van der Waals surface area (Å²) in [6, 6.07) is 2.06. The van der Waals surface area contributed by atoms with Crippen LogP contribution in [0, 0.1) is 0 Å². The smallest absolute Gasteiger partial charge is 0.174 e. The summed E-state index contributed by atoms with van der Waals surface area (Å²) in [4.78, 5) is 10.2. The SMILES string of the molecule is CCNc1nc(CSc2nncs2)nc2sccc12. The molecule has 0 aliphatic carbocycles. The second-order valence-corrected chi connectivity index (χ2v) is 6.60. The fourth-order valence-corrected chi connectivity index (χ4v) is 3.74. The Labute approximate surface area is 122 Å². The van der Waals surface area contributed by atoms with E-state index >= 15 is 0 Å². The molecule has 5 nitrogen and oxygen atoms in total. The number of nitrogens with zero attached hydrogens (tertiary/aromatic N) is 4. The molecule has 0 radical (unpaired) electrons. The first-order valence-corrected chi connectivity index (χ1v) is 8.48. The largest absolute Gasteiger partial charge is 0.370 e. The normalized spacial score (nSPS) is 11.0. The number of aromatic nitrogens is 4. The van der Waals surface area contributed by atoms with Crippen molar-refractivity contribution in [2.75, 3.05) is 11.9 Å². The van der Waals surface area contributed by atoms with Gasteiger partial charge in [-0.2, -0.15) is 0 Å². The van der Waals surface area contributed by atoms with Crippen molar-refractivity contribution in [2.24, 2.45) is 0 Å². The summed E-state index contributed by atoms with van der Waals surface area (Å²) < 4.78 is 0.944. The summed E-state index contributed by atoms with van der Waals surface area (Å²) in [5.74, 6) is 2.45. The third kappa shape index (κ3) is 2.85. The average Bonchev–Trinajstić information content (AvgIpc) is 3.08. The lowest BCUT2D eigenvalue weighted by Gasteiger charge is -2.06. The Morgan fingerprint density at radius 2 is 2.26 bits per heavy atom. The minimum atomic E-state index is 0.710. The molecule has 3 aromatic rings. The lowest BCUT2D eigenvalue weighted by atomic mass is 10.3. The lowest BCUT2D eigenvalue weighted by Crippen LogP contribution is -2.03. The molecular formula is C11H11N5S3. The van der Waals surface area contributed by atoms with Crippen LogP contribution in [0.1, 0.15) is 12.7 Å². The van der Waals surface area contributed by atoms with E-state index < -0.39 is 0 Å². The molecule has 3 heterocycles. The Balaban J connectivity index is 1.86. The van der Waals surface area contributed by atoms with Crippen LogP contribution in [0.25, 0.3) is 10.2 Å². The highest BCUT2D eigenvalue weighted by atomic mass is 32.2. The third-order valence-electron chi connectivity index (χ3n) is 2.38. The fourth-order valence-electron chi connectivity index (χ4n) is 1.62. The van der Waals surface area contributed by atoms with Gasteiger partial charge >= 0.3 is 0 Å². The Morgan fingerprint density at radius 1 is 1.32 bits per heavy atom. The van der Waals surface area contributed by atoms with Crippen molar-refractivity contribution < 1.29 is 0 Å². The topological polar surface area (TPSA) is 63.6 Å². The summed E-state index contributed by atoms with van der Waals surface area (Å²) in [5, 5.41) is 14.3. The van der Waals surface area contributed by atoms with E-state index in [-0.39, 0.29) is 0 Å². The predicted molar refractivity (Wildman–Crippen MR) is 81.0 cm³/mol. The summed E-state index contributed by atoms with van der Waals surface area (Å²) >= 11 is 4.79. The number of anilines is 1. The first-order chi connectivity index (χ1) is 9.36. The highest BCUT2D eigenvalue weighted by molar-refractivity contribution is 8.00. The number of nitrogens with one attached hydrogen (secondary N) is 1. The fraction of sp³-hybridized carbons (Fsp3) is 0.273. The molecule has 0 bridgehead atoms. The summed E-state index contributed by atoms with van der Waals surface area (Å²) in [6.07, 6.45) is 0. The molecule has 1 N–H and O–H groups in total. The van der Waals surface area contributed by atoms with E-state index in [0.29, 0.717) is 5.75 Å². The van der Waals surface area contributed by atoms with E-state index in [4.69, 9.17) is 0 Å². The second-order valence-electron chi connectivity index (χ2n) is 3.65. The molecule has 0 saturated carbocycles. The highest BCUT2D eigenvalue weighted by Crippen LogP contribution is 2.28. The number of rotatable bonds is 5. The van der Waals surface area contributed by atoms with Crippen LogP contribution in [-0.2, 0) is 5.75 Å². The van der Waals surface area contributed by atoms with E-state index in [1.54, 1.807) is 28.6 Å². The molecule has 19 heavy (non-hydrogen) atoms. The van der Waals surface area contributed by atoms with E-state index in [9.17, 15) is 0 Å². The first kappa shape index (κ1) is 12.8. The minimum Gasteiger partial charge on any atom is -0.370 e. The first-order valence-electron chi connectivity index (χ1n) is 5.73.